The molecule has 0 saturated heterocycles. The van der Waals surface area contributed by atoms with Gasteiger partial charge in [-0.2, -0.15) is 0 Å². The van der Waals surface area contributed by atoms with Crippen LogP contribution in [0.25, 0.3) is 0 Å². The van der Waals surface area contributed by atoms with Crippen molar-refractivity contribution in [3.05, 3.63) is 0 Å². The van der Waals surface area contributed by atoms with Crippen LogP contribution in [0.5, 0.6) is 0 Å². The Balaban J connectivity index is 3.15. The third kappa shape index (κ3) is 11.5. The van der Waals surface area contributed by atoms with Gasteiger partial charge in [0.25, 0.3) is 0 Å². The van der Waals surface area contributed by atoms with Crippen LogP contribution in [0.3, 0.4) is 0 Å². The van der Waals surface area contributed by atoms with E-state index in [1.54, 1.807) is 0 Å². The minimum absolute atomic E-state index is 0.303. The first-order valence-corrected chi connectivity index (χ1v) is 6.59. The van der Waals surface area contributed by atoms with Crippen molar-refractivity contribution in [3.8, 4) is 0 Å². The molecule has 0 aliphatic heterocycles. The molecular weight excluding hydrogens is 202 g/mol. The van der Waals surface area contributed by atoms with E-state index in [4.69, 9.17) is 5.11 Å². The standard InChI is InChI=1S/C13H27NO2/c1-3-4-5-6-10-14-11-9-12(2)7-8-13(15)16/h12,14H,3-11H2,1-2H3,(H,15,16). The van der Waals surface area contributed by atoms with Gasteiger partial charge in [0.15, 0.2) is 0 Å². The minimum Gasteiger partial charge on any atom is -0.481 e. The topological polar surface area (TPSA) is 49.3 Å². The summed E-state index contributed by atoms with van der Waals surface area (Å²) >= 11 is 0. The van der Waals surface area contributed by atoms with E-state index in [1.165, 1.54) is 25.7 Å². The maximum absolute atomic E-state index is 10.4. The van der Waals surface area contributed by atoms with Crippen LogP contribution in [-0.2, 0) is 4.79 Å². The molecule has 96 valence electrons. The highest BCUT2D eigenvalue weighted by atomic mass is 16.4. The number of hydrogen-bond donors (Lipinski definition) is 2. The van der Waals surface area contributed by atoms with E-state index in [9.17, 15) is 4.79 Å². The van der Waals surface area contributed by atoms with E-state index in [1.807, 2.05) is 0 Å². The maximum Gasteiger partial charge on any atom is 0.303 e. The molecule has 0 saturated carbocycles. The van der Waals surface area contributed by atoms with E-state index in [0.717, 1.165) is 25.9 Å². The molecule has 0 aromatic carbocycles. The Bertz CT molecular complexity index is 171. The Morgan fingerprint density at radius 1 is 1.19 bits per heavy atom. The summed E-state index contributed by atoms with van der Waals surface area (Å²) in [6.07, 6.45) is 7.38. The predicted octanol–water partition coefficient (Wildman–Crippen LogP) is 3.05. The van der Waals surface area contributed by atoms with Gasteiger partial charge in [-0.15, -0.1) is 0 Å². The van der Waals surface area contributed by atoms with Crippen LogP contribution in [-0.4, -0.2) is 24.2 Å². The van der Waals surface area contributed by atoms with E-state index in [0.29, 0.717) is 12.3 Å². The highest BCUT2D eigenvalue weighted by molar-refractivity contribution is 5.66. The third-order valence-electron chi connectivity index (χ3n) is 2.87. The zero-order valence-corrected chi connectivity index (χ0v) is 10.8. The minimum atomic E-state index is -0.681. The van der Waals surface area contributed by atoms with Gasteiger partial charge in [0.05, 0.1) is 0 Å². The number of unbranched alkanes of at least 4 members (excludes halogenated alkanes) is 3. The molecule has 0 rings (SSSR count). The molecule has 0 heterocycles. The smallest absolute Gasteiger partial charge is 0.303 e. The van der Waals surface area contributed by atoms with Gasteiger partial charge in [-0.25, -0.2) is 0 Å². The quantitative estimate of drug-likeness (QED) is 0.535. The Morgan fingerprint density at radius 2 is 1.94 bits per heavy atom. The molecule has 0 aliphatic rings. The number of carboxylic acids is 1. The lowest BCUT2D eigenvalue weighted by molar-refractivity contribution is -0.137. The molecule has 0 fully saturated rings. The average molecular weight is 229 g/mol. The van der Waals surface area contributed by atoms with Crippen molar-refractivity contribution in [2.75, 3.05) is 13.1 Å². The van der Waals surface area contributed by atoms with Crippen molar-refractivity contribution in [2.45, 2.75) is 58.8 Å². The van der Waals surface area contributed by atoms with Crippen LogP contribution in [0, 0.1) is 5.92 Å². The largest absolute Gasteiger partial charge is 0.481 e. The number of carbonyl (C=O) groups is 1. The lowest BCUT2D eigenvalue weighted by atomic mass is 10.0. The second-order valence-electron chi connectivity index (χ2n) is 4.64. The summed E-state index contributed by atoms with van der Waals surface area (Å²) in [5, 5.41) is 12.0. The highest BCUT2D eigenvalue weighted by Crippen LogP contribution is 2.09. The van der Waals surface area contributed by atoms with Crippen molar-refractivity contribution >= 4 is 5.97 Å². The van der Waals surface area contributed by atoms with Crippen LogP contribution in [0.2, 0.25) is 0 Å². The summed E-state index contributed by atoms with van der Waals surface area (Å²) in [5.41, 5.74) is 0. The van der Waals surface area contributed by atoms with Crippen LogP contribution in [0.15, 0.2) is 0 Å². The van der Waals surface area contributed by atoms with Gasteiger partial charge in [0, 0.05) is 6.42 Å². The summed E-state index contributed by atoms with van der Waals surface area (Å²) in [7, 11) is 0. The van der Waals surface area contributed by atoms with Crippen molar-refractivity contribution < 1.29 is 9.90 Å². The van der Waals surface area contributed by atoms with Gasteiger partial charge < -0.3 is 10.4 Å². The Hall–Kier alpha value is -0.570. The molecule has 0 bridgehead atoms. The third-order valence-corrected chi connectivity index (χ3v) is 2.87. The second-order valence-corrected chi connectivity index (χ2v) is 4.64. The van der Waals surface area contributed by atoms with E-state index in [2.05, 4.69) is 19.2 Å². The zero-order valence-electron chi connectivity index (χ0n) is 10.8. The van der Waals surface area contributed by atoms with Crippen molar-refractivity contribution in [1.82, 2.24) is 5.32 Å². The molecule has 0 aliphatic carbocycles. The SMILES string of the molecule is CCCCCCNCCC(C)CCC(=O)O. The molecular formula is C13H27NO2. The second kappa shape index (κ2) is 10.9. The van der Waals surface area contributed by atoms with E-state index < -0.39 is 5.97 Å². The van der Waals surface area contributed by atoms with E-state index >= 15 is 0 Å². The van der Waals surface area contributed by atoms with Crippen molar-refractivity contribution in [1.29, 1.82) is 0 Å². The molecule has 2 N–H and O–H groups in total. The first kappa shape index (κ1) is 15.4. The normalized spacial score (nSPS) is 12.6. The van der Waals surface area contributed by atoms with Crippen LogP contribution in [0.1, 0.15) is 58.8 Å². The Labute approximate surface area is 99.6 Å². The molecule has 0 radical (unpaired) electrons. The van der Waals surface area contributed by atoms with Gasteiger partial charge in [-0.05, 0) is 38.3 Å². The lowest BCUT2D eigenvalue weighted by Crippen LogP contribution is -2.19. The summed E-state index contributed by atoms with van der Waals surface area (Å²) in [6.45, 7) is 6.47. The summed E-state index contributed by atoms with van der Waals surface area (Å²) in [5.74, 6) is -0.168. The van der Waals surface area contributed by atoms with Gasteiger partial charge in [-0.1, -0.05) is 33.1 Å². The summed E-state index contributed by atoms with van der Waals surface area (Å²) in [6, 6.07) is 0. The van der Waals surface area contributed by atoms with Gasteiger partial charge >= 0.3 is 5.97 Å². The predicted molar refractivity (Wildman–Crippen MR) is 67.7 cm³/mol. The molecule has 0 aromatic rings. The Morgan fingerprint density at radius 3 is 2.56 bits per heavy atom. The summed E-state index contributed by atoms with van der Waals surface area (Å²) in [4.78, 5) is 10.4. The fourth-order valence-corrected chi connectivity index (χ4v) is 1.66. The molecule has 0 spiro atoms. The fourth-order valence-electron chi connectivity index (χ4n) is 1.66. The molecule has 1 atom stereocenters. The first-order chi connectivity index (χ1) is 7.66. The fraction of sp³-hybridized carbons (Fsp3) is 0.923. The number of rotatable bonds is 11. The number of aliphatic carboxylic acids is 1. The van der Waals surface area contributed by atoms with E-state index in [-0.39, 0.29) is 0 Å². The monoisotopic (exact) mass is 229 g/mol. The molecule has 0 amide bonds. The van der Waals surface area contributed by atoms with Gasteiger partial charge in [0.2, 0.25) is 0 Å². The molecule has 3 heteroatoms. The maximum atomic E-state index is 10.4. The van der Waals surface area contributed by atoms with Crippen LogP contribution >= 0.6 is 0 Å². The van der Waals surface area contributed by atoms with Crippen LogP contribution in [0.4, 0.5) is 0 Å². The molecule has 0 aromatic heterocycles. The number of hydrogen-bond acceptors (Lipinski definition) is 2. The molecule has 3 nitrogen and oxygen atoms in total. The summed E-state index contributed by atoms with van der Waals surface area (Å²) < 4.78 is 0. The van der Waals surface area contributed by atoms with Crippen molar-refractivity contribution in [3.63, 3.8) is 0 Å². The zero-order chi connectivity index (χ0) is 12.2. The lowest BCUT2D eigenvalue weighted by Gasteiger charge is -2.10. The van der Waals surface area contributed by atoms with Gasteiger partial charge in [-0.3, -0.25) is 4.79 Å². The average Bonchev–Trinajstić information content (AvgIpc) is 2.25. The first-order valence-electron chi connectivity index (χ1n) is 6.59. The number of carboxylic acid groups (broad SMARTS) is 1. The highest BCUT2D eigenvalue weighted by Gasteiger charge is 2.04. The number of nitrogens with one attached hydrogen (secondary N) is 1. The Kier molecular flexibility index (Phi) is 10.5. The molecule has 16 heavy (non-hydrogen) atoms. The van der Waals surface area contributed by atoms with Crippen molar-refractivity contribution in [2.24, 2.45) is 5.92 Å². The van der Waals surface area contributed by atoms with Crippen LogP contribution < -0.4 is 5.32 Å². The van der Waals surface area contributed by atoms with Gasteiger partial charge in [0.1, 0.15) is 0 Å². The molecule has 1 unspecified atom stereocenters.